The summed E-state index contributed by atoms with van der Waals surface area (Å²) in [5.74, 6) is -0.574. The van der Waals surface area contributed by atoms with Crippen LogP contribution in [0.25, 0.3) is 0 Å². The van der Waals surface area contributed by atoms with Crippen LogP contribution in [0.3, 0.4) is 0 Å². The molecule has 1 aromatic heterocycles. The van der Waals surface area contributed by atoms with Gasteiger partial charge < -0.3 is 16.4 Å². The van der Waals surface area contributed by atoms with E-state index in [0.29, 0.717) is 11.7 Å². The number of nitrogens with two attached hydrogens (primary N) is 1. The van der Waals surface area contributed by atoms with Crippen LogP contribution in [0, 0.1) is 0 Å². The number of aryl methyl sites for hydroxylation is 1. The van der Waals surface area contributed by atoms with Crippen LogP contribution in [0.15, 0.2) is 6.20 Å². The highest BCUT2D eigenvalue weighted by atomic mass is 16.2. The summed E-state index contributed by atoms with van der Waals surface area (Å²) in [5, 5.41) is 9.14. The number of aromatic nitrogens is 2. The maximum atomic E-state index is 11.7. The predicted octanol–water partition coefficient (Wildman–Crippen LogP) is -0.989. The molecule has 1 heterocycles. The number of hydrogen-bond donors (Lipinski definition) is 3. The first kappa shape index (κ1) is 11.4. The summed E-state index contributed by atoms with van der Waals surface area (Å²) in [4.78, 5) is 23.1. The lowest BCUT2D eigenvalue weighted by Gasteiger charge is -2.06. The Morgan fingerprint density at radius 1 is 1.59 bits per heavy atom. The Hall–Kier alpha value is -2.05. The van der Waals surface area contributed by atoms with Crippen molar-refractivity contribution >= 4 is 17.5 Å². The molecule has 0 spiro atoms. The zero-order valence-electron chi connectivity index (χ0n) is 9.56. The van der Waals surface area contributed by atoms with E-state index in [2.05, 4.69) is 15.7 Å². The van der Waals surface area contributed by atoms with Crippen LogP contribution in [0.4, 0.5) is 5.69 Å². The van der Waals surface area contributed by atoms with Crippen molar-refractivity contribution in [1.29, 1.82) is 0 Å². The zero-order valence-corrected chi connectivity index (χ0v) is 9.56. The Kier molecular flexibility index (Phi) is 2.99. The Morgan fingerprint density at radius 3 is 2.82 bits per heavy atom. The van der Waals surface area contributed by atoms with Gasteiger partial charge in [0.2, 0.25) is 5.91 Å². The maximum absolute atomic E-state index is 11.7. The van der Waals surface area contributed by atoms with E-state index in [9.17, 15) is 9.59 Å². The van der Waals surface area contributed by atoms with E-state index in [1.54, 1.807) is 7.05 Å². The molecule has 2 amide bonds. The minimum atomic E-state index is -0.395. The number of hydrogen-bond acceptors (Lipinski definition) is 4. The average Bonchev–Trinajstić information content (AvgIpc) is 3.01. The SMILES string of the molecule is Cn1ncc(N)c1C(=O)NCC(=O)NC1CC1. The van der Waals surface area contributed by atoms with Gasteiger partial charge in [-0.1, -0.05) is 0 Å². The molecule has 1 aliphatic carbocycles. The lowest BCUT2D eigenvalue weighted by atomic mass is 10.3. The quantitative estimate of drug-likeness (QED) is 0.625. The standard InChI is InChI=1S/C10H15N5O2/c1-15-9(7(11)4-13-15)10(17)12-5-8(16)14-6-2-3-6/h4,6H,2-3,5,11H2,1H3,(H,12,17)(H,14,16). The summed E-state index contributed by atoms with van der Waals surface area (Å²) >= 11 is 0. The van der Waals surface area contributed by atoms with Gasteiger partial charge in [0.25, 0.3) is 5.91 Å². The maximum Gasteiger partial charge on any atom is 0.272 e. The lowest BCUT2D eigenvalue weighted by Crippen LogP contribution is -2.38. The molecule has 1 aliphatic rings. The molecule has 1 fully saturated rings. The predicted molar refractivity (Wildman–Crippen MR) is 61.1 cm³/mol. The minimum Gasteiger partial charge on any atom is -0.396 e. The van der Waals surface area contributed by atoms with Crippen molar-refractivity contribution in [3.8, 4) is 0 Å². The van der Waals surface area contributed by atoms with Crippen LogP contribution in [0.2, 0.25) is 0 Å². The molecule has 0 saturated heterocycles. The third-order valence-electron chi connectivity index (χ3n) is 2.53. The molecule has 1 aromatic rings. The Labute approximate surface area is 98.4 Å². The second-order valence-electron chi connectivity index (χ2n) is 4.10. The van der Waals surface area contributed by atoms with Crippen molar-refractivity contribution < 1.29 is 9.59 Å². The van der Waals surface area contributed by atoms with Crippen LogP contribution >= 0.6 is 0 Å². The van der Waals surface area contributed by atoms with Crippen LogP contribution in [-0.2, 0) is 11.8 Å². The van der Waals surface area contributed by atoms with E-state index >= 15 is 0 Å². The van der Waals surface area contributed by atoms with Crippen molar-refractivity contribution in [1.82, 2.24) is 20.4 Å². The van der Waals surface area contributed by atoms with Gasteiger partial charge in [0.1, 0.15) is 5.69 Å². The normalized spacial score (nSPS) is 14.4. The highest BCUT2D eigenvalue weighted by Crippen LogP contribution is 2.18. The Balaban J connectivity index is 1.86. The number of nitrogens with zero attached hydrogens (tertiary/aromatic N) is 2. The van der Waals surface area contributed by atoms with Gasteiger partial charge in [-0.3, -0.25) is 14.3 Å². The molecule has 4 N–H and O–H groups in total. The molecule has 0 unspecified atom stereocenters. The van der Waals surface area contributed by atoms with Gasteiger partial charge in [-0.25, -0.2) is 0 Å². The van der Waals surface area contributed by atoms with Gasteiger partial charge in [-0.2, -0.15) is 5.10 Å². The third-order valence-corrected chi connectivity index (χ3v) is 2.53. The summed E-state index contributed by atoms with van der Waals surface area (Å²) < 4.78 is 1.38. The van der Waals surface area contributed by atoms with Crippen LogP contribution in [0.5, 0.6) is 0 Å². The lowest BCUT2D eigenvalue weighted by molar-refractivity contribution is -0.120. The van der Waals surface area contributed by atoms with E-state index in [1.165, 1.54) is 10.9 Å². The number of carbonyl (C=O) groups excluding carboxylic acids is 2. The molecule has 2 rings (SSSR count). The first-order valence-corrected chi connectivity index (χ1v) is 5.43. The number of nitrogen functional groups attached to an aromatic ring is 1. The van der Waals surface area contributed by atoms with E-state index < -0.39 is 5.91 Å². The molecule has 0 aromatic carbocycles. The van der Waals surface area contributed by atoms with Gasteiger partial charge in [0.15, 0.2) is 0 Å². The molecule has 7 heteroatoms. The van der Waals surface area contributed by atoms with E-state index in [1.807, 2.05) is 0 Å². The third kappa shape index (κ3) is 2.74. The largest absolute Gasteiger partial charge is 0.396 e. The number of rotatable bonds is 4. The van der Waals surface area contributed by atoms with Gasteiger partial charge in [-0.05, 0) is 12.8 Å². The molecule has 0 aliphatic heterocycles. The molecule has 17 heavy (non-hydrogen) atoms. The number of carbonyl (C=O) groups is 2. The van der Waals surface area contributed by atoms with E-state index in [4.69, 9.17) is 5.73 Å². The van der Waals surface area contributed by atoms with E-state index in [0.717, 1.165) is 12.8 Å². The van der Waals surface area contributed by atoms with Gasteiger partial charge in [0.05, 0.1) is 18.4 Å². The monoisotopic (exact) mass is 237 g/mol. The summed E-state index contributed by atoms with van der Waals surface area (Å²) in [6.45, 7) is -0.0417. The molecular weight excluding hydrogens is 222 g/mol. The molecule has 0 bridgehead atoms. The van der Waals surface area contributed by atoms with Gasteiger partial charge >= 0.3 is 0 Å². The Bertz CT molecular complexity index is 430. The first-order valence-electron chi connectivity index (χ1n) is 5.43. The highest BCUT2D eigenvalue weighted by molar-refractivity contribution is 5.99. The molecular formula is C10H15N5O2. The number of anilines is 1. The summed E-state index contributed by atoms with van der Waals surface area (Å²) in [5.41, 5.74) is 6.16. The summed E-state index contributed by atoms with van der Waals surface area (Å²) in [6, 6.07) is 0.293. The van der Waals surface area contributed by atoms with Gasteiger partial charge in [0, 0.05) is 13.1 Å². The molecule has 1 saturated carbocycles. The molecule has 0 atom stereocenters. The van der Waals surface area contributed by atoms with Crippen molar-refractivity contribution in [2.75, 3.05) is 12.3 Å². The van der Waals surface area contributed by atoms with Crippen molar-refractivity contribution in [2.45, 2.75) is 18.9 Å². The fourth-order valence-corrected chi connectivity index (χ4v) is 1.48. The topological polar surface area (TPSA) is 102 Å². The fourth-order valence-electron chi connectivity index (χ4n) is 1.48. The Morgan fingerprint density at radius 2 is 2.29 bits per heavy atom. The van der Waals surface area contributed by atoms with Crippen molar-refractivity contribution in [3.05, 3.63) is 11.9 Å². The van der Waals surface area contributed by atoms with Crippen molar-refractivity contribution in [3.63, 3.8) is 0 Å². The second kappa shape index (κ2) is 4.44. The number of nitrogens with one attached hydrogen (secondary N) is 2. The number of amides is 2. The van der Waals surface area contributed by atoms with Crippen molar-refractivity contribution in [2.24, 2.45) is 7.05 Å². The van der Waals surface area contributed by atoms with E-state index in [-0.39, 0.29) is 18.1 Å². The average molecular weight is 237 g/mol. The highest BCUT2D eigenvalue weighted by Gasteiger charge is 2.23. The minimum absolute atomic E-state index is 0.0417. The van der Waals surface area contributed by atoms with Gasteiger partial charge in [-0.15, -0.1) is 0 Å². The second-order valence-corrected chi connectivity index (χ2v) is 4.10. The van der Waals surface area contributed by atoms with Crippen LogP contribution in [-0.4, -0.2) is 34.2 Å². The summed E-state index contributed by atoms with van der Waals surface area (Å²) in [6.07, 6.45) is 3.45. The first-order chi connectivity index (χ1) is 8.08. The molecule has 0 radical (unpaired) electrons. The smallest absolute Gasteiger partial charge is 0.272 e. The summed E-state index contributed by atoms with van der Waals surface area (Å²) in [7, 11) is 1.62. The fraction of sp³-hybridized carbons (Fsp3) is 0.500. The van der Waals surface area contributed by atoms with Crippen LogP contribution in [0.1, 0.15) is 23.3 Å². The molecule has 7 nitrogen and oxygen atoms in total. The van der Waals surface area contributed by atoms with Crippen LogP contribution < -0.4 is 16.4 Å². The zero-order chi connectivity index (χ0) is 12.4. The molecule has 92 valence electrons.